The van der Waals surface area contributed by atoms with Gasteiger partial charge in [0.15, 0.2) is 0 Å². The monoisotopic (exact) mass is 341 g/mol. The summed E-state index contributed by atoms with van der Waals surface area (Å²) in [5.41, 5.74) is 2.06. The van der Waals surface area contributed by atoms with Gasteiger partial charge in [-0.15, -0.1) is 0 Å². The van der Waals surface area contributed by atoms with Gasteiger partial charge in [-0.05, 0) is 30.5 Å². The number of likely N-dealkylation sites (tertiary alicyclic amines) is 1. The first-order valence-electron chi connectivity index (χ1n) is 8.77. The number of hydrogen-bond acceptors (Lipinski definition) is 5. The topological polar surface area (TPSA) is 58.8 Å². The minimum absolute atomic E-state index is 0.0651. The first-order chi connectivity index (χ1) is 12.2. The van der Waals surface area contributed by atoms with Crippen LogP contribution in [-0.4, -0.2) is 52.5 Å². The first-order valence-corrected chi connectivity index (χ1v) is 8.77. The largest absolute Gasteiger partial charge is 0.472 e. The summed E-state index contributed by atoms with van der Waals surface area (Å²) in [7, 11) is 0. The molecule has 0 unspecified atom stereocenters. The van der Waals surface area contributed by atoms with Crippen molar-refractivity contribution in [1.82, 2.24) is 14.8 Å². The molecule has 2 aliphatic heterocycles. The lowest BCUT2D eigenvalue weighted by Crippen LogP contribution is -2.58. The Kier molecular flexibility index (Phi) is 4.55. The maximum absolute atomic E-state index is 12.3. The highest BCUT2D eigenvalue weighted by Crippen LogP contribution is 2.31. The number of furan rings is 1. The molecule has 0 saturated carbocycles. The molecule has 132 valence electrons. The quantitative estimate of drug-likeness (QED) is 0.852. The van der Waals surface area contributed by atoms with Crippen LogP contribution in [0.3, 0.4) is 0 Å². The van der Waals surface area contributed by atoms with Crippen LogP contribution in [-0.2, 0) is 22.6 Å². The van der Waals surface area contributed by atoms with Gasteiger partial charge in [-0.1, -0.05) is 6.07 Å². The highest BCUT2D eigenvalue weighted by molar-refractivity contribution is 5.78. The molecule has 2 fully saturated rings. The molecule has 2 aliphatic rings. The van der Waals surface area contributed by atoms with Crippen molar-refractivity contribution in [2.75, 3.05) is 26.2 Å². The number of piperidine rings is 1. The van der Waals surface area contributed by atoms with E-state index in [4.69, 9.17) is 9.15 Å². The third-order valence-corrected chi connectivity index (χ3v) is 5.18. The van der Waals surface area contributed by atoms with Crippen LogP contribution < -0.4 is 0 Å². The molecule has 1 spiro atoms. The van der Waals surface area contributed by atoms with Crippen molar-refractivity contribution >= 4 is 5.91 Å². The third-order valence-electron chi connectivity index (χ3n) is 5.18. The van der Waals surface area contributed by atoms with Gasteiger partial charge >= 0.3 is 0 Å². The van der Waals surface area contributed by atoms with Crippen LogP contribution in [0.1, 0.15) is 24.0 Å². The number of morpholine rings is 1. The molecule has 6 heteroatoms. The smallest absolute Gasteiger partial charge is 0.248 e. The molecule has 0 atom stereocenters. The highest BCUT2D eigenvalue weighted by atomic mass is 16.5. The van der Waals surface area contributed by atoms with E-state index in [0.29, 0.717) is 13.1 Å². The minimum Gasteiger partial charge on any atom is -0.472 e. The van der Waals surface area contributed by atoms with Crippen molar-refractivity contribution in [2.45, 2.75) is 31.5 Å². The van der Waals surface area contributed by atoms with Crippen molar-refractivity contribution in [1.29, 1.82) is 0 Å². The Hall–Kier alpha value is -2.18. The van der Waals surface area contributed by atoms with Crippen LogP contribution in [0.4, 0.5) is 0 Å². The normalized spacial score (nSPS) is 21.0. The molecule has 25 heavy (non-hydrogen) atoms. The third kappa shape index (κ3) is 3.75. The second-order valence-corrected chi connectivity index (χ2v) is 6.99. The molecule has 2 saturated heterocycles. The molecule has 0 aliphatic carbocycles. The Balaban J connectivity index is 1.37. The van der Waals surface area contributed by atoms with Crippen LogP contribution in [0.2, 0.25) is 0 Å². The number of ether oxygens (including phenoxy) is 1. The fourth-order valence-corrected chi connectivity index (χ4v) is 3.71. The Labute approximate surface area is 147 Å². The van der Waals surface area contributed by atoms with E-state index < -0.39 is 0 Å². The second kappa shape index (κ2) is 6.98. The Bertz CT molecular complexity index is 694. The number of hydrogen-bond donors (Lipinski definition) is 0. The van der Waals surface area contributed by atoms with E-state index in [0.717, 1.165) is 38.0 Å². The molecular formula is C19H23N3O3. The Morgan fingerprint density at radius 1 is 1.16 bits per heavy atom. The molecule has 0 N–H and O–H groups in total. The van der Waals surface area contributed by atoms with E-state index in [1.54, 1.807) is 18.7 Å². The number of carbonyl (C=O) groups excluding carboxylic acids is 1. The summed E-state index contributed by atoms with van der Waals surface area (Å²) in [6, 6.07) is 5.93. The summed E-state index contributed by atoms with van der Waals surface area (Å²) in [5, 5.41) is 0. The van der Waals surface area contributed by atoms with Crippen molar-refractivity contribution in [2.24, 2.45) is 0 Å². The van der Waals surface area contributed by atoms with Crippen LogP contribution >= 0.6 is 0 Å². The molecular weight excluding hydrogens is 318 g/mol. The minimum atomic E-state index is -0.205. The molecule has 0 aromatic carbocycles. The molecule has 0 radical (unpaired) electrons. The summed E-state index contributed by atoms with van der Waals surface area (Å²) in [5.74, 6) is 0.0651. The number of nitrogens with zero attached hydrogens (tertiary/aromatic N) is 3. The van der Waals surface area contributed by atoms with E-state index in [9.17, 15) is 4.79 Å². The van der Waals surface area contributed by atoms with Gasteiger partial charge in [0.25, 0.3) is 0 Å². The molecule has 2 aromatic heterocycles. The highest BCUT2D eigenvalue weighted by Gasteiger charge is 2.42. The van der Waals surface area contributed by atoms with Crippen LogP contribution in [0.5, 0.6) is 0 Å². The van der Waals surface area contributed by atoms with E-state index in [1.807, 2.05) is 29.3 Å². The number of amides is 1. The number of aromatic nitrogens is 1. The molecule has 4 rings (SSSR count). The Morgan fingerprint density at radius 3 is 2.76 bits per heavy atom. The predicted molar refractivity (Wildman–Crippen MR) is 91.6 cm³/mol. The lowest BCUT2D eigenvalue weighted by Gasteiger charge is -2.47. The van der Waals surface area contributed by atoms with E-state index in [1.165, 1.54) is 5.56 Å². The summed E-state index contributed by atoms with van der Waals surface area (Å²) < 4.78 is 11.2. The lowest BCUT2D eigenvalue weighted by atomic mass is 9.89. The van der Waals surface area contributed by atoms with Crippen LogP contribution in [0.25, 0.3) is 0 Å². The van der Waals surface area contributed by atoms with Crippen molar-refractivity contribution in [3.8, 4) is 0 Å². The van der Waals surface area contributed by atoms with Crippen molar-refractivity contribution < 1.29 is 13.9 Å². The van der Waals surface area contributed by atoms with Gasteiger partial charge in [0.2, 0.25) is 5.91 Å². The van der Waals surface area contributed by atoms with E-state index in [-0.39, 0.29) is 18.1 Å². The summed E-state index contributed by atoms with van der Waals surface area (Å²) in [4.78, 5) is 20.7. The summed E-state index contributed by atoms with van der Waals surface area (Å²) >= 11 is 0. The van der Waals surface area contributed by atoms with Gasteiger partial charge in [0.1, 0.15) is 6.61 Å². The molecule has 1 amide bonds. The van der Waals surface area contributed by atoms with E-state index in [2.05, 4.69) is 9.88 Å². The maximum Gasteiger partial charge on any atom is 0.248 e. The van der Waals surface area contributed by atoms with Gasteiger partial charge in [-0.25, -0.2) is 0 Å². The average molecular weight is 341 g/mol. The van der Waals surface area contributed by atoms with Gasteiger partial charge in [-0.3, -0.25) is 14.7 Å². The van der Waals surface area contributed by atoms with Gasteiger partial charge in [0, 0.05) is 44.1 Å². The Morgan fingerprint density at radius 2 is 2.04 bits per heavy atom. The van der Waals surface area contributed by atoms with E-state index >= 15 is 0 Å². The van der Waals surface area contributed by atoms with Gasteiger partial charge < -0.3 is 14.1 Å². The SMILES string of the molecule is O=C1COC2(CCN(Cc3ccoc3)CC2)CN1Cc1cccnc1. The average Bonchev–Trinajstić information content (AvgIpc) is 3.15. The van der Waals surface area contributed by atoms with Crippen LogP contribution in [0, 0.1) is 0 Å². The van der Waals surface area contributed by atoms with Crippen molar-refractivity contribution in [3.05, 3.63) is 54.2 Å². The number of pyridine rings is 1. The molecule has 2 aromatic rings. The standard InChI is InChI=1S/C19H23N3O3/c23-18-14-25-19(15-22(18)12-16-2-1-6-20-10-16)4-7-21(8-5-19)11-17-3-9-24-13-17/h1-3,6,9-10,13H,4-5,7-8,11-12,14-15H2. The predicted octanol–water partition coefficient (Wildman–Crippen LogP) is 2.07. The summed E-state index contributed by atoms with van der Waals surface area (Å²) in [6.07, 6.45) is 8.98. The number of rotatable bonds is 4. The zero-order valence-corrected chi connectivity index (χ0v) is 14.3. The second-order valence-electron chi connectivity index (χ2n) is 6.99. The number of carbonyl (C=O) groups is 1. The van der Waals surface area contributed by atoms with Crippen molar-refractivity contribution in [3.63, 3.8) is 0 Å². The molecule has 4 heterocycles. The summed E-state index contributed by atoms with van der Waals surface area (Å²) in [6.45, 7) is 4.31. The lowest BCUT2D eigenvalue weighted by molar-refractivity contribution is -0.172. The van der Waals surface area contributed by atoms with Gasteiger partial charge in [0.05, 0.1) is 24.7 Å². The first kappa shape index (κ1) is 16.3. The molecule has 6 nitrogen and oxygen atoms in total. The van der Waals surface area contributed by atoms with Crippen LogP contribution in [0.15, 0.2) is 47.5 Å². The fourth-order valence-electron chi connectivity index (χ4n) is 3.71. The van der Waals surface area contributed by atoms with Gasteiger partial charge in [-0.2, -0.15) is 0 Å². The maximum atomic E-state index is 12.3. The fraction of sp³-hybridized carbons (Fsp3) is 0.474. The zero-order chi connectivity index (χ0) is 17.1. The molecule has 0 bridgehead atoms. The zero-order valence-electron chi connectivity index (χ0n) is 14.3.